The van der Waals surface area contributed by atoms with Crippen LogP contribution in [0.25, 0.3) is 0 Å². The van der Waals surface area contributed by atoms with Gasteiger partial charge in [0.1, 0.15) is 0 Å². The van der Waals surface area contributed by atoms with Gasteiger partial charge in [-0.05, 0) is 12.1 Å². The van der Waals surface area contributed by atoms with E-state index in [1.165, 1.54) is 24.3 Å². The van der Waals surface area contributed by atoms with E-state index in [9.17, 15) is 13.2 Å². The highest BCUT2D eigenvalue weighted by molar-refractivity contribution is 7.89. The van der Waals surface area contributed by atoms with Crippen LogP contribution in [0, 0.1) is 0 Å². The maximum absolute atomic E-state index is 11.5. The maximum atomic E-state index is 11.5. The van der Waals surface area contributed by atoms with Crippen LogP contribution in [0.3, 0.4) is 0 Å². The van der Waals surface area contributed by atoms with Crippen molar-refractivity contribution in [2.75, 3.05) is 7.05 Å². The van der Waals surface area contributed by atoms with Gasteiger partial charge in [0.05, 0.1) is 4.90 Å². The number of hydrogen-bond acceptors (Lipinski definition) is 3. The minimum atomic E-state index is -3.90. The van der Waals surface area contributed by atoms with Gasteiger partial charge in [0.25, 0.3) is 10.0 Å². The summed E-state index contributed by atoms with van der Waals surface area (Å²) in [5.41, 5.74) is 0. The number of carbonyl (C=O) groups is 1. The lowest BCUT2D eigenvalue weighted by Gasteiger charge is -2.13. The van der Waals surface area contributed by atoms with E-state index in [2.05, 4.69) is 0 Å². The first-order valence-corrected chi connectivity index (χ1v) is 5.17. The van der Waals surface area contributed by atoms with Crippen molar-refractivity contribution in [1.82, 2.24) is 4.31 Å². The summed E-state index contributed by atoms with van der Waals surface area (Å²) in [5, 5.41) is 8.53. The second-order valence-electron chi connectivity index (χ2n) is 2.57. The lowest BCUT2D eigenvalue weighted by atomic mass is 10.4. The van der Waals surface area contributed by atoms with Crippen molar-refractivity contribution < 1.29 is 18.3 Å². The Morgan fingerprint density at radius 3 is 2.21 bits per heavy atom. The van der Waals surface area contributed by atoms with Gasteiger partial charge >= 0.3 is 6.09 Å². The van der Waals surface area contributed by atoms with Crippen molar-refractivity contribution in [3.8, 4) is 0 Å². The molecule has 0 heterocycles. The fraction of sp³-hybridized carbons (Fsp3) is 0.125. The summed E-state index contributed by atoms with van der Waals surface area (Å²) >= 11 is 0. The Kier molecular flexibility index (Phi) is 2.76. The van der Waals surface area contributed by atoms with Crippen molar-refractivity contribution in [1.29, 1.82) is 0 Å². The Bertz CT molecular complexity index is 426. The van der Waals surface area contributed by atoms with Gasteiger partial charge in [-0.1, -0.05) is 18.2 Å². The highest BCUT2D eigenvalue weighted by Crippen LogP contribution is 2.12. The van der Waals surface area contributed by atoms with Crippen LogP contribution in [0.15, 0.2) is 35.2 Å². The molecule has 0 atom stereocenters. The third-order valence-electron chi connectivity index (χ3n) is 1.67. The SMILES string of the molecule is CN(C(=O)O)S(=O)(=O)c1ccccc1. The standard InChI is InChI=1S/C8H9NO4S/c1-9(8(10)11)14(12,13)7-5-3-2-4-6-7/h2-6H,1H3,(H,10,11). The fourth-order valence-electron chi connectivity index (χ4n) is 0.853. The number of amides is 1. The van der Waals surface area contributed by atoms with E-state index < -0.39 is 16.1 Å². The predicted molar refractivity (Wildman–Crippen MR) is 49.4 cm³/mol. The van der Waals surface area contributed by atoms with E-state index in [0.717, 1.165) is 7.05 Å². The minimum absolute atomic E-state index is 0.0371. The van der Waals surface area contributed by atoms with Crippen LogP contribution >= 0.6 is 0 Å². The second-order valence-corrected chi connectivity index (χ2v) is 4.54. The molecular formula is C8H9NO4S. The predicted octanol–water partition coefficient (Wildman–Crippen LogP) is 0.985. The number of carboxylic acid groups (broad SMARTS) is 1. The summed E-state index contributed by atoms with van der Waals surface area (Å²) in [7, 11) is -2.91. The molecule has 1 N–H and O–H groups in total. The molecule has 0 saturated carbocycles. The summed E-state index contributed by atoms with van der Waals surface area (Å²) in [6, 6.07) is 7.40. The number of hydrogen-bond donors (Lipinski definition) is 1. The van der Waals surface area contributed by atoms with E-state index in [0.29, 0.717) is 0 Å². The molecule has 1 aromatic rings. The molecule has 5 nitrogen and oxygen atoms in total. The molecule has 0 spiro atoms. The summed E-state index contributed by atoms with van der Waals surface area (Å²) in [6.07, 6.45) is -1.51. The number of rotatable bonds is 2. The van der Waals surface area contributed by atoms with Crippen LogP contribution in [0.4, 0.5) is 4.79 Å². The molecule has 1 amide bonds. The van der Waals surface area contributed by atoms with Crippen LogP contribution in [0.2, 0.25) is 0 Å². The van der Waals surface area contributed by atoms with Crippen LogP contribution in [0.5, 0.6) is 0 Å². The van der Waals surface area contributed by atoms with E-state index in [-0.39, 0.29) is 9.20 Å². The fourth-order valence-corrected chi connectivity index (χ4v) is 1.88. The van der Waals surface area contributed by atoms with Crippen molar-refractivity contribution in [2.24, 2.45) is 0 Å². The number of benzene rings is 1. The van der Waals surface area contributed by atoms with Gasteiger partial charge < -0.3 is 5.11 Å². The van der Waals surface area contributed by atoms with E-state index in [1.54, 1.807) is 6.07 Å². The lowest BCUT2D eigenvalue weighted by molar-refractivity contribution is 0.178. The molecule has 1 rings (SSSR count). The highest BCUT2D eigenvalue weighted by atomic mass is 32.2. The normalized spacial score (nSPS) is 10.9. The molecule has 0 aliphatic rings. The number of nitrogens with zero attached hydrogens (tertiary/aromatic N) is 1. The van der Waals surface area contributed by atoms with Gasteiger partial charge in [0.15, 0.2) is 0 Å². The monoisotopic (exact) mass is 215 g/mol. The van der Waals surface area contributed by atoms with Crippen molar-refractivity contribution in [3.63, 3.8) is 0 Å². The van der Waals surface area contributed by atoms with Gasteiger partial charge in [0, 0.05) is 7.05 Å². The Morgan fingerprint density at radius 1 is 1.29 bits per heavy atom. The molecule has 14 heavy (non-hydrogen) atoms. The smallest absolute Gasteiger partial charge is 0.421 e. The topological polar surface area (TPSA) is 74.7 Å². The Balaban J connectivity index is 3.16. The maximum Gasteiger partial charge on any atom is 0.421 e. The molecule has 0 aliphatic carbocycles. The first-order chi connectivity index (χ1) is 6.46. The third kappa shape index (κ3) is 1.85. The zero-order valence-corrected chi connectivity index (χ0v) is 8.23. The van der Waals surface area contributed by atoms with Crippen molar-refractivity contribution in [3.05, 3.63) is 30.3 Å². The molecular weight excluding hydrogens is 206 g/mol. The van der Waals surface area contributed by atoms with Gasteiger partial charge in [-0.2, -0.15) is 0 Å². The molecule has 6 heteroatoms. The summed E-state index contributed by atoms with van der Waals surface area (Å²) in [5.74, 6) is 0. The lowest BCUT2D eigenvalue weighted by Crippen LogP contribution is -2.31. The average Bonchev–Trinajstić information content (AvgIpc) is 2.18. The zero-order valence-electron chi connectivity index (χ0n) is 7.41. The van der Waals surface area contributed by atoms with E-state index in [4.69, 9.17) is 5.11 Å². The summed E-state index contributed by atoms with van der Waals surface area (Å²) < 4.78 is 23.3. The first-order valence-electron chi connectivity index (χ1n) is 3.73. The van der Waals surface area contributed by atoms with Crippen LogP contribution in [-0.2, 0) is 10.0 Å². The quantitative estimate of drug-likeness (QED) is 0.798. The Morgan fingerprint density at radius 2 is 1.79 bits per heavy atom. The first kappa shape index (κ1) is 10.5. The molecule has 76 valence electrons. The number of sulfonamides is 1. The van der Waals surface area contributed by atoms with Gasteiger partial charge in [-0.25, -0.2) is 17.5 Å². The molecule has 0 saturated heterocycles. The van der Waals surface area contributed by atoms with Gasteiger partial charge in [0.2, 0.25) is 0 Å². The highest BCUT2D eigenvalue weighted by Gasteiger charge is 2.24. The molecule has 0 unspecified atom stereocenters. The minimum Gasteiger partial charge on any atom is -0.464 e. The second kappa shape index (κ2) is 3.67. The molecule has 0 aromatic heterocycles. The van der Waals surface area contributed by atoms with Gasteiger partial charge in [-0.15, -0.1) is 0 Å². The van der Waals surface area contributed by atoms with Crippen molar-refractivity contribution in [2.45, 2.75) is 4.90 Å². The molecule has 1 aromatic carbocycles. The Labute approximate surface area is 81.6 Å². The molecule has 0 fully saturated rings. The van der Waals surface area contributed by atoms with Crippen LogP contribution in [-0.4, -0.2) is 31.0 Å². The average molecular weight is 215 g/mol. The summed E-state index contributed by atoms with van der Waals surface area (Å²) in [4.78, 5) is 10.4. The Hall–Kier alpha value is -1.56. The van der Waals surface area contributed by atoms with Crippen LogP contribution < -0.4 is 0 Å². The van der Waals surface area contributed by atoms with E-state index in [1.807, 2.05) is 0 Å². The third-order valence-corrected chi connectivity index (χ3v) is 3.42. The molecule has 0 radical (unpaired) electrons. The van der Waals surface area contributed by atoms with Gasteiger partial charge in [-0.3, -0.25) is 0 Å². The summed E-state index contributed by atoms with van der Waals surface area (Å²) in [6.45, 7) is 0. The zero-order chi connectivity index (χ0) is 10.8. The molecule has 0 aliphatic heterocycles. The molecule has 0 bridgehead atoms. The van der Waals surface area contributed by atoms with E-state index >= 15 is 0 Å². The largest absolute Gasteiger partial charge is 0.464 e. The van der Waals surface area contributed by atoms with Crippen molar-refractivity contribution >= 4 is 16.1 Å². The van der Waals surface area contributed by atoms with Crippen LogP contribution in [0.1, 0.15) is 0 Å².